The molecule has 0 unspecified atom stereocenters. The van der Waals surface area contributed by atoms with E-state index in [2.05, 4.69) is 57.2 Å². The van der Waals surface area contributed by atoms with E-state index in [1.165, 1.54) is 5.56 Å². The molecular weight excluding hydrogens is 460 g/mol. The van der Waals surface area contributed by atoms with Gasteiger partial charge in [0.05, 0.1) is 12.2 Å². The summed E-state index contributed by atoms with van der Waals surface area (Å²) in [7, 11) is 0. The summed E-state index contributed by atoms with van der Waals surface area (Å²) in [6.07, 6.45) is 1.87. The summed E-state index contributed by atoms with van der Waals surface area (Å²) in [4.78, 5) is 24.8. The minimum absolute atomic E-state index is 0.0524. The number of carbonyl (C=O) groups excluding carboxylic acids is 1. The fourth-order valence-electron chi connectivity index (χ4n) is 5.31. The van der Waals surface area contributed by atoms with Crippen molar-refractivity contribution in [1.82, 2.24) is 19.7 Å². The smallest absolute Gasteiger partial charge is 0.254 e. The van der Waals surface area contributed by atoms with Crippen molar-refractivity contribution in [1.29, 1.82) is 0 Å². The number of amides is 1. The van der Waals surface area contributed by atoms with Crippen LogP contribution in [0.4, 0.5) is 0 Å². The molecule has 188 valence electrons. The Hall–Kier alpha value is -3.74. The third kappa shape index (κ3) is 5.50. The highest BCUT2D eigenvalue weighted by atomic mass is 16.5. The molecule has 0 saturated carbocycles. The van der Waals surface area contributed by atoms with Gasteiger partial charge in [0.1, 0.15) is 12.4 Å². The zero-order chi connectivity index (χ0) is 25.0. The predicted molar refractivity (Wildman–Crippen MR) is 145 cm³/mol. The van der Waals surface area contributed by atoms with Crippen molar-refractivity contribution in [3.63, 3.8) is 0 Å². The van der Waals surface area contributed by atoms with Gasteiger partial charge in [0, 0.05) is 63.1 Å². The first-order valence-electron chi connectivity index (χ1n) is 13.1. The summed E-state index contributed by atoms with van der Waals surface area (Å²) in [6.45, 7) is 7.61. The number of nitrogens with zero attached hydrogens (tertiary/aromatic N) is 4. The second kappa shape index (κ2) is 10.7. The largest absolute Gasteiger partial charge is 0.491 e. The Labute approximate surface area is 218 Å². The number of piperazine rings is 1. The van der Waals surface area contributed by atoms with Crippen LogP contribution in [0.2, 0.25) is 0 Å². The number of ether oxygens (including phenoxy) is 1. The normalized spacial score (nSPS) is 16.7. The molecule has 1 amide bonds. The third-order valence-corrected chi connectivity index (χ3v) is 7.37. The maximum atomic E-state index is 13.4. The Morgan fingerprint density at radius 1 is 0.784 bits per heavy atom. The molecule has 4 aromatic rings. The average molecular weight is 493 g/mol. The molecule has 1 saturated heterocycles. The summed E-state index contributed by atoms with van der Waals surface area (Å²) in [6, 6.07) is 26.7. The first kappa shape index (κ1) is 23.6. The van der Waals surface area contributed by atoms with E-state index in [1.54, 1.807) is 0 Å². The number of carbonyl (C=O) groups is 1. The van der Waals surface area contributed by atoms with E-state index in [0.717, 1.165) is 72.6 Å². The van der Waals surface area contributed by atoms with Crippen LogP contribution in [0.25, 0.3) is 10.8 Å². The molecule has 0 N–H and O–H groups in total. The van der Waals surface area contributed by atoms with Crippen LogP contribution in [0, 0.1) is 0 Å². The SMILES string of the molecule is O=C(c1ccc2ccccc2c1)N1CCOc2ccc(CN3CCN(Cc4ccccn4)CC3)cc2C1. The van der Waals surface area contributed by atoms with E-state index < -0.39 is 0 Å². The molecule has 3 aromatic carbocycles. The van der Waals surface area contributed by atoms with E-state index in [9.17, 15) is 4.79 Å². The molecule has 37 heavy (non-hydrogen) atoms. The van der Waals surface area contributed by atoms with Gasteiger partial charge in [-0.15, -0.1) is 0 Å². The number of rotatable bonds is 5. The first-order valence-corrected chi connectivity index (χ1v) is 13.1. The van der Waals surface area contributed by atoms with Crippen LogP contribution in [0.3, 0.4) is 0 Å². The molecule has 0 spiro atoms. The number of hydrogen-bond acceptors (Lipinski definition) is 5. The van der Waals surface area contributed by atoms with Gasteiger partial charge < -0.3 is 9.64 Å². The fourth-order valence-corrected chi connectivity index (χ4v) is 5.31. The molecule has 1 aromatic heterocycles. The summed E-state index contributed by atoms with van der Waals surface area (Å²) >= 11 is 0. The molecule has 2 aliphatic heterocycles. The zero-order valence-electron chi connectivity index (χ0n) is 21.1. The number of aromatic nitrogens is 1. The van der Waals surface area contributed by atoms with Crippen LogP contribution in [0.15, 0.2) is 85.1 Å². The molecule has 6 nitrogen and oxygen atoms in total. The molecule has 1 fully saturated rings. The van der Waals surface area contributed by atoms with Gasteiger partial charge in [-0.1, -0.05) is 42.5 Å². The van der Waals surface area contributed by atoms with Crippen LogP contribution in [-0.4, -0.2) is 64.9 Å². The number of hydrogen-bond donors (Lipinski definition) is 0. The molecule has 0 atom stereocenters. The van der Waals surface area contributed by atoms with Crippen molar-refractivity contribution >= 4 is 16.7 Å². The second-order valence-electron chi connectivity index (χ2n) is 9.95. The van der Waals surface area contributed by atoms with E-state index in [-0.39, 0.29) is 5.91 Å². The summed E-state index contributed by atoms with van der Waals surface area (Å²) in [5, 5.41) is 2.23. The molecule has 6 rings (SSSR count). The molecule has 6 heteroatoms. The molecular formula is C31H32N4O2. The lowest BCUT2D eigenvalue weighted by atomic mass is 10.1. The quantitative estimate of drug-likeness (QED) is 0.408. The number of pyridine rings is 1. The van der Waals surface area contributed by atoms with E-state index in [4.69, 9.17) is 4.74 Å². The maximum Gasteiger partial charge on any atom is 0.254 e. The van der Waals surface area contributed by atoms with Gasteiger partial charge in [-0.2, -0.15) is 0 Å². The van der Waals surface area contributed by atoms with Crippen LogP contribution in [0.5, 0.6) is 5.75 Å². The highest BCUT2D eigenvalue weighted by molar-refractivity contribution is 5.98. The highest BCUT2D eigenvalue weighted by Crippen LogP contribution is 2.27. The van der Waals surface area contributed by atoms with Crippen LogP contribution < -0.4 is 4.74 Å². The maximum absolute atomic E-state index is 13.4. The monoisotopic (exact) mass is 492 g/mol. The Bertz CT molecular complexity index is 1380. The average Bonchev–Trinajstić information content (AvgIpc) is 3.16. The molecule has 3 heterocycles. The van der Waals surface area contributed by atoms with Gasteiger partial charge in [0.2, 0.25) is 0 Å². The topological polar surface area (TPSA) is 48.9 Å². The third-order valence-electron chi connectivity index (χ3n) is 7.37. The van der Waals surface area contributed by atoms with Gasteiger partial charge in [0.25, 0.3) is 5.91 Å². The summed E-state index contributed by atoms with van der Waals surface area (Å²) in [5.41, 5.74) is 4.20. The molecule has 0 radical (unpaired) electrons. The van der Waals surface area contributed by atoms with Crippen molar-refractivity contribution in [3.05, 3.63) is 107 Å². The lowest BCUT2D eigenvalue weighted by Gasteiger charge is -2.34. The van der Waals surface area contributed by atoms with E-state index >= 15 is 0 Å². The summed E-state index contributed by atoms with van der Waals surface area (Å²) < 4.78 is 6.03. The Morgan fingerprint density at radius 3 is 2.38 bits per heavy atom. The van der Waals surface area contributed by atoms with E-state index in [1.807, 2.05) is 47.5 Å². The Kier molecular flexibility index (Phi) is 6.84. The van der Waals surface area contributed by atoms with Crippen LogP contribution in [0.1, 0.15) is 27.2 Å². The van der Waals surface area contributed by atoms with Crippen molar-refractivity contribution in [2.45, 2.75) is 19.6 Å². The zero-order valence-corrected chi connectivity index (χ0v) is 21.1. The van der Waals surface area contributed by atoms with Gasteiger partial charge >= 0.3 is 0 Å². The van der Waals surface area contributed by atoms with Crippen molar-refractivity contribution in [2.75, 3.05) is 39.3 Å². The van der Waals surface area contributed by atoms with Gasteiger partial charge in [-0.05, 0) is 52.7 Å². The Balaban J connectivity index is 1.10. The molecule has 0 aliphatic carbocycles. The number of benzene rings is 3. The van der Waals surface area contributed by atoms with Gasteiger partial charge in [0.15, 0.2) is 0 Å². The Morgan fingerprint density at radius 2 is 1.57 bits per heavy atom. The lowest BCUT2D eigenvalue weighted by molar-refractivity contribution is 0.0733. The fraction of sp³-hybridized carbons (Fsp3) is 0.290. The summed E-state index contributed by atoms with van der Waals surface area (Å²) in [5.74, 6) is 0.939. The first-order chi connectivity index (χ1) is 18.2. The standard InChI is InChI=1S/C31H32N4O2/c36-31(27-10-9-25-5-1-2-6-26(25)20-27)35-17-18-37-30-11-8-24(19-28(30)22-35)21-33-13-15-34(16-14-33)23-29-7-3-4-12-32-29/h1-12,19-20H,13-18,21-23H2. The van der Waals surface area contributed by atoms with Crippen molar-refractivity contribution < 1.29 is 9.53 Å². The minimum Gasteiger partial charge on any atom is -0.491 e. The highest BCUT2D eigenvalue weighted by Gasteiger charge is 2.23. The van der Waals surface area contributed by atoms with Gasteiger partial charge in [-0.25, -0.2) is 0 Å². The van der Waals surface area contributed by atoms with Crippen molar-refractivity contribution in [3.8, 4) is 5.75 Å². The van der Waals surface area contributed by atoms with Crippen molar-refractivity contribution in [2.24, 2.45) is 0 Å². The van der Waals surface area contributed by atoms with E-state index in [0.29, 0.717) is 19.7 Å². The lowest BCUT2D eigenvalue weighted by Crippen LogP contribution is -2.45. The van der Waals surface area contributed by atoms with Gasteiger partial charge in [-0.3, -0.25) is 19.6 Å². The number of fused-ring (bicyclic) bond motifs is 2. The molecule has 0 bridgehead atoms. The van der Waals surface area contributed by atoms with Crippen LogP contribution in [-0.2, 0) is 19.6 Å². The molecule has 2 aliphatic rings. The predicted octanol–water partition coefficient (Wildman–Crippen LogP) is 4.59. The second-order valence-corrected chi connectivity index (χ2v) is 9.95. The minimum atomic E-state index is 0.0524. The van der Waals surface area contributed by atoms with Crippen LogP contribution >= 0.6 is 0 Å².